The maximum absolute atomic E-state index is 13.0. The molecule has 0 radical (unpaired) electrons. The number of aliphatic hydroxyl groups is 1. The molecule has 126 valence electrons. The highest BCUT2D eigenvalue weighted by Crippen LogP contribution is 2.31. The van der Waals surface area contributed by atoms with Crippen molar-refractivity contribution in [2.24, 2.45) is 5.92 Å². The molecule has 3 rings (SSSR count). The third-order valence-electron chi connectivity index (χ3n) is 4.78. The van der Waals surface area contributed by atoms with Crippen molar-refractivity contribution in [2.45, 2.75) is 25.9 Å². The summed E-state index contributed by atoms with van der Waals surface area (Å²) >= 11 is 0. The highest BCUT2D eigenvalue weighted by atomic mass is 19.1. The number of carbonyl (C=O) groups excluding carboxylic acids is 1. The Labute approximate surface area is 141 Å². The van der Waals surface area contributed by atoms with Crippen LogP contribution in [0.5, 0.6) is 0 Å². The largest absolute Gasteiger partial charge is 0.388 e. The maximum Gasteiger partial charge on any atom is 0.253 e. The average Bonchev–Trinajstić information content (AvgIpc) is 2.62. The van der Waals surface area contributed by atoms with Crippen LogP contribution in [-0.2, 0) is 0 Å². The minimum Gasteiger partial charge on any atom is -0.388 e. The van der Waals surface area contributed by atoms with Crippen LogP contribution in [0.4, 0.5) is 4.39 Å². The summed E-state index contributed by atoms with van der Waals surface area (Å²) in [6.07, 6.45) is 0.883. The number of amides is 1. The zero-order valence-corrected chi connectivity index (χ0v) is 13.8. The Hall–Kier alpha value is -2.20. The summed E-state index contributed by atoms with van der Waals surface area (Å²) in [4.78, 5) is 14.4. The molecule has 1 fully saturated rings. The predicted molar refractivity (Wildman–Crippen MR) is 91.2 cm³/mol. The van der Waals surface area contributed by atoms with E-state index in [0.29, 0.717) is 18.7 Å². The van der Waals surface area contributed by atoms with Crippen LogP contribution in [0, 0.1) is 18.7 Å². The average molecular weight is 327 g/mol. The summed E-state index contributed by atoms with van der Waals surface area (Å²) in [5.74, 6) is -0.160. The second kappa shape index (κ2) is 7.14. The van der Waals surface area contributed by atoms with Crippen molar-refractivity contribution < 1.29 is 14.3 Å². The molecular weight excluding hydrogens is 305 g/mol. The molecule has 0 bridgehead atoms. The first-order chi connectivity index (χ1) is 11.5. The molecule has 1 saturated heterocycles. The minimum absolute atomic E-state index is 0.0460. The predicted octanol–water partition coefficient (Wildman–Crippen LogP) is 3.72. The lowest BCUT2D eigenvalue weighted by Gasteiger charge is -2.34. The molecule has 1 N–H and O–H groups in total. The van der Waals surface area contributed by atoms with E-state index in [9.17, 15) is 14.3 Å². The van der Waals surface area contributed by atoms with E-state index < -0.39 is 6.10 Å². The molecule has 24 heavy (non-hydrogen) atoms. The molecule has 1 amide bonds. The third-order valence-corrected chi connectivity index (χ3v) is 4.78. The normalized spacial score (nSPS) is 16.9. The Balaban J connectivity index is 1.60. The molecule has 2 aromatic carbocycles. The number of rotatable bonds is 3. The van der Waals surface area contributed by atoms with Gasteiger partial charge in [-0.1, -0.05) is 29.8 Å². The van der Waals surface area contributed by atoms with Gasteiger partial charge in [0.2, 0.25) is 0 Å². The quantitative estimate of drug-likeness (QED) is 0.933. The first kappa shape index (κ1) is 16.7. The zero-order valence-electron chi connectivity index (χ0n) is 13.8. The van der Waals surface area contributed by atoms with Crippen LogP contribution in [0.3, 0.4) is 0 Å². The lowest BCUT2D eigenvalue weighted by Crippen LogP contribution is -2.39. The Morgan fingerprint density at radius 2 is 1.67 bits per heavy atom. The number of hydrogen-bond acceptors (Lipinski definition) is 2. The van der Waals surface area contributed by atoms with E-state index in [2.05, 4.69) is 0 Å². The van der Waals surface area contributed by atoms with Crippen LogP contribution < -0.4 is 0 Å². The van der Waals surface area contributed by atoms with E-state index in [1.807, 2.05) is 36.1 Å². The van der Waals surface area contributed by atoms with Gasteiger partial charge in [-0.2, -0.15) is 0 Å². The van der Waals surface area contributed by atoms with Crippen molar-refractivity contribution in [3.8, 4) is 0 Å². The zero-order chi connectivity index (χ0) is 17.1. The van der Waals surface area contributed by atoms with E-state index in [1.165, 1.54) is 12.1 Å². The van der Waals surface area contributed by atoms with Crippen molar-refractivity contribution >= 4 is 5.91 Å². The van der Waals surface area contributed by atoms with E-state index in [1.54, 1.807) is 12.1 Å². The molecule has 0 aromatic heterocycles. The first-order valence-corrected chi connectivity index (χ1v) is 8.34. The maximum atomic E-state index is 13.0. The Kier molecular flexibility index (Phi) is 4.95. The summed E-state index contributed by atoms with van der Waals surface area (Å²) in [5, 5.41) is 10.5. The fourth-order valence-electron chi connectivity index (χ4n) is 3.23. The number of carbonyl (C=O) groups is 1. The number of aryl methyl sites for hydroxylation is 1. The van der Waals surface area contributed by atoms with E-state index >= 15 is 0 Å². The van der Waals surface area contributed by atoms with Gasteiger partial charge in [-0.3, -0.25) is 4.79 Å². The number of halogens is 1. The SMILES string of the molecule is Cc1ccc(C(=O)N2CCC(C(O)c3ccc(F)cc3)CC2)cc1. The van der Waals surface area contributed by atoms with Gasteiger partial charge in [-0.25, -0.2) is 4.39 Å². The van der Waals surface area contributed by atoms with Crippen LogP contribution >= 0.6 is 0 Å². The van der Waals surface area contributed by atoms with Crippen molar-refractivity contribution in [3.63, 3.8) is 0 Å². The summed E-state index contributed by atoms with van der Waals surface area (Å²) in [6.45, 7) is 3.27. The van der Waals surface area contributed by atoms with Crippen molar-refractivity contribution in [1.29, 1.82) is 0 Å². The van der Waals surface area contributed by atoms with Gasteiger partial charge in [-0.05, 0) is 55.5 Å². The molecule has 4 heteroatoms. The molecule has 1 aliphatic heterocycles. The highest BCUT2D eigenvalue weighted by Gasteiger charge is 2.28. The summed E-state index contributed by atoms with van der Waals surface area (Å²) < 4.78 is 13.0. The second-order valence-corrected chi connectivity index (χ2v) is 6.49. The third kappa shape index (κ3) is 3.65. The number of nitrogens with zero attached hydrogens (tertiary/aromatic N) is 1. The minimum atomic E-state index is -0.609. The number of likely N-dealkylation sites (tertiary alicyclic amines) is 1. The first-order valence-electron chi connectivity index (χ1n) is 8.34. The smallest absolute Gasteiger partial charge is 0.253 e. The van der Waals surface area contributed by atoms with Gasteiger partial charge in [0.05, 0.1) is 6.10 Å². The lowest BCUT2D eigenvalue weighted by molar-refractivity contribution is 0.0462. The molecule has 1 unspecified atom stereocenters. The number of aliphatic hydroxyl groups excluding tert-OH is 1. The van der Waals surface area contributed by atoms with Crippen LogP contribution in [0.1, 0.15) is 40.4 Å². The van der Waals surface area contributed by atoms with Crippen LogP contribution in [-0.4, -0.2) is 29.0 Å². The lowest BCUT2D eigenvalue weighted by atomic mass is 9.87. The number of benzene rings is 2. The van der Waals surface area contributed by atoms with E-state index in [-0.39, 0.29) is 17.6 Å². The number of piperidine rings is 1. The highest BCUT2D eigenvalue weighted by molar-refractivity contribution is 5.94. The fraction of sp³-hybridized carbons (Fsp3) is 0.350. The van der Waals surface area contributed by atoms with Gasteiger partial charge in [0.25, 0.3) is 5.91 Å². The molecular formula is C20H22FNO2. The Bertz CT molecular complexity index is 689. The second-order valence-electron chi connectivity index (χ2n) is 6.49. The molecule has 1 atom stereocenters. The summed E-state index contributed by atoms with van der Waals surface area (Å²) in [5.41, 5.74) is 2.57. The van der Waals surface area contributed by atoms with Crippen molar-refractivity contribution in [1.82, 2.24) is 4.90 Å². The molecule has 0 aliphatic carbocycles. The molecule has 2 aromatic rings. The molecule has 1 aliphatic rings. The summed E-state index contributed by atoms with van der Waals surface area (Å²) in [7, 11) is 0. The van der Waals surface area contributed by atoms with Crippen LogP contribution in [0.2, 0.25) is 0 Å². The monoisotopic (exact) mass is 327 g/mol. The fourth-order valence-corrected chi connectivity index (χ4v) is 3.23. The van der Waals surface area contributed by atoms with Gasteiger partial charge in [0.1, 0.15) is 5.82 Å². The Morgan fingerprint density at radius 1 is 1.08 bits per heavy atom. The van der Waals surface area contributed by atoms with Crippen LogP contribution in [0.15, 0.2) is 48.5 Å². The molecule has 3 nitrogen and oxygen atoms in total. The number of hydrogen-bond donors (Lipinski definition) is 1. The molecule has 1 heterocycles. The van der Waals surface area contributed by atoms with Gasteiger partial charge in [-0.15, -0.1) is 0 Å². The van der Waals surface area contributed by atoms with Crippen LogP contribution in [0.25, 0.3) is 0 Å². The topological polar surface area (TPSA) is 40.5 Å². The van der Waals surface area contributed by atoms with Gasteiger partial charge < -0.3 is 10.0 Å². The van der Waals surface area contributed by atoms with E-state index in [4.69, 9.17) is 0 Å². The van der Waals surface area contributed by atoms with Gasteiger partial charge >= 0.3 is 0 Å². The summed E-state index contributed by atoms with van der Waals surface area (Å²) in [6, 6.07) is 13.6. The van der Waals surface area contributed by atoms with Gasteiger partial charge in [0.15, 0.2) is 0 Å². The van der Waals surface area contributed by atoms with Gasteiger partial charge in [0, 0.05) is 18.7 Å². The molecule has 0 saturated carbocycles. The Morgan fingerprint density at radius 3 is 2.25 bits per heavy atom. The standard InChI is InChI=1S/C20H22FNO2/c1-14-2-4-17(5-3-14)20(24)22-12-10-16(11-13-22)19(23)15-6-8-18(21)9-7-15/h2-9,16,19,23H,10-13H2,1H3. The molecule has 0 spiro atoms. The van der Waals surface area contributed by atoms with E-state index in [0.717, 1.165) is 24.0 Å². The van der Waals surface area contributed by atoms with Crippen molar-refractivity contribution in [3.05, 3.63) is 71.0 Å². The van der Waals surface area contributed by atoms with Crippen molar-refractivity contribution in [2.75, 3.05) is 13.1 Å².